The normalized spacial score (nSPS) is 9.44. The Morgan fingerprint density at radius 1 is 1.78 bits per heavy atom. The van der Waals surface area contributed by atoms with E-state index in [9.17, 15) is 4.79 Å². The van der Waals surface area contributed by atoms with Crippen molar-refractivity contribution in [3.8, 4) is 5.75 Å². The lowest BCUT2D eigenvalue weighted by atomic mass is 10.5. The van der Waals surface area contributed by atoms with Crippen molar-refractivity contribution in [3.05, 3.63) is 18.0 Å². The zero-order valence-electron chi connectivity index (χ0n) is 5.03. The Labute approximate surface area is 52.5 Å². The van der Waals surface area contributed by atoms with E-state index in [1.807, 2.05) is 0 Å². The van der Waals surface area contributed by atoms with E-state index in [1.165, 1.54) is 12.3 Å². The number of nitrogens with zero attached hydrogens (tertiary/aromatic N) is 1. The van der Waals surface area contributed by atoms with Crippen LogP contribution in [0.1, 0.15) is 10.5 Å². The lowest BCUT2D eigenvalue weighted by molar-refractivity contribution is 0.111. The van der Waals surface area contributed by atoms with Crippen molar-refractivity contribution < 1.29 is 9.90 Å². The molecule has 1 heterocycles. The van der Waals surface area contributed by atoms with Crippen molar-refractivity contribution in [1.29, 1.82) is 0 Å². The van der Waals surface area contributed by atoms with Gasteiger partial charge in [-0.3, -0.25) is 4.79 Å². The van der Waals surface area contributed by atoms with Crippen LogP contribution >= 0.6 is 0 Å². The molecule has 0 aliphatic heterocycles. The number of carbonyl (C=O) groups is 1. The SMILES string of the molecule is Cn1cc(O)cc1C=O. The molecule has 0 spiro atoms. The van der Waals surface area contributed by atoms with Gasteiger partial charge in [0.15, 0.2) is 6.29 Å². The summed E-state index contributed by atoms with van der Waals surface area (Å²) in [7, 11) is 1.70. The summed E-state index contributed by atoms with van der Waals surface area (Å²) in [6, 6.07) is 1.41. The van der Waals surface area contributed by atoms with E-state index in [-0.39, 0.29) is 5.75 Å². The molecule has 0 amide bonds. The fraction of sp³-hybridized carbons (Fsp3) is 0.167. The number of aromatic hydroxyl groups is 1. The molecule has 1 aromatic heterocycles. The highest BCUT2D eigenvalue weighted by Crippen LogP contribution is 2.10. The fourth-order valence-electron chi connectivity index (χ4n) is 0.681. The molecule has 0 unspecified atom stereocenters. The summed E-state index contributed by atoms with van der Waals surface area (Å²) in [5, 5.41) is 8.79. The van der Waals surface area contributed by atoms with E-state index < -0.39 is 0 Å². The van der Waals surface area contributed by atoms with Crippen LogP contribution in [0.15, 0.2) is 12.3 Å². The van der Waals surface area contributed by atoms with Crippen LogP contribution in [0.5, 0.6) is 5.75 Å². The molecule has 0 aromatic carbocycles. The second-order valence-corrected chi connectivity index (χ2v) is 1.85. The van der Waals surface area contributed by atoms with E-state index in [0.717, 1.165) is 0 Å². The van der Waals surface area contributed by atoms with Gasteiger partial charge >= 0.3 is 0 Å². The summed E-state index contributed by atoms with van der Waals surface area (Å²) in [6.45, 7) is 0. The highest BCUT2D eigenvalue weighted by atomic mass is 16.3. The molecule has 1 rings (SSSR count). The van der Waals surface area contributed by atoms with Crippen LogP contribution in [0, 0.1) is 0 Å². The molecule has 1 N–H and O–H groups in total. The Morgan fingerprint density at radius 3 is 2.67 bits per heavy atom. The molecule has 0 radical (unpaired) electrons. The smallest absolute Gasteiger partial charge is 0.166 e. The van der Waals surface area contributed by atoms with Crippen molar-refractivity contribution in [2.75, 3.05) is 0 Å². The van der Waals surface area contributed by atoms with Crippen molar-refractivity contribution in [1.82, 2.24) is 4.57 Å². The van der Waals surface area contributed by atoms with E-state index in [1.54, 1.807) is 11.6 Å². The summed E-state index contributed by atoms with van der Waals surface area (Å²) in [6.07, 6.45) is 2.17. The van der Waals surface area contributed by atoms with Gasteiger partial charge in [-0.05, 0) is 0 Å². The summed E-state index contributed by atoms with van der Waals surface area (Å²) in [4.78, 5) is 10.1. The number of hydrogen-bond acceptors (Lipinski definition) is 2. The first-order valence-electron chi connectivity index (χ1n) is 2.54. The topological polar surface area (TPSA) is 42.2 Å². The zero-order valence-corrected chi connectivity index (χ0v) is 5.03. The molecular formula is C6H7NO2. The monoisotopic (exact) mass is 125 g/mol. The van der Waals surface area contributed by atoms with E-state index in [0.29, 0.717) is 12.0 Å². The number of aldehydes is 1. The number of aromatic nitrogens is 1. The number of carbonyl (C=O) groups excluding carboxylic acids is 1. The number of hydrogen-bond donors (Lipinski definition) is 1. The van der Waals surface area contributed by atoms with Gasteiger partial charge in [0.05, 0.1) is 5.69 Å². The maximum atomic E-state index is 10.1. The largest absolute Gasteiger partial charge is 0.506 e. The molecule has 9 heavy (non-hydrogen) atoms. The molecule has 0 aliphatic carbocycles. The second-order valence-electron chi connectivity index (χ2n) is 1.85. The molecule has 0 saturated carbocycles. The van der Waals surface area contributed by atoms with Gasteiger partial charge in [-0.25, -0.2) is 0 Å². The minimum Gasteiger partial charge on any atom is -0.506 e. The minimum absolute atomic E-state index is 0.125. The maximum Gasteiger partial charge on any atom is 0.166 e. The maximum absolute atomic E-state index is 10.1. The van der Waals surface area contributed by atoms with Crippen LogP contribution in [0.25, 0.3) is 0 Å². The third-order valence-corrected chi connectivity index (χ3v) is 1.15. The summed E-state index contributed by atoms with van der Waals surface area (Å²) in [5.74, 6) is 0.125. The molecule has 0 saturated heterocycles. The predicted molar refractivity (Wildman–Crippen MR) is 32.5 cm³/mol. The number of aryl methyl sites for hydroxylation is 1. The van der Waals surface area contributed by atoms with Crippen LogP contribution in [-0.2, 0) is 7.05 Å². The molecule has 48 valence electrons. The average Bonchev–Trinajstić information content (AvgIpc) is 2.10. The molecular weight excluding hydrogens is 118 g/mol. The number of rotatable bonds is 1. The van der Waals surface area contributed by atoms with Crippen molar-refractivity contribution in [2.24, 2.45) is 7.05 Å². The molecule has 0 bridgehead atoms. The quantitative estimate of drug-likeness (QED) is 0.557. The third kappa shape index (κ3) is 0.937. The van der Waals surface area contributed by atoms with Gasteiger partial charge in [-0.1, -0.05) is 0 Å². The standard InChI is InChI=1S/C6H7NO2/c1-7-3-6(9)2-5(7)4-8/h2-4,9H,1H3. The van der Waals surface area contributed by atoms with Crippen LogP contribution in [-0.4, -0.2) is 16.0 Å². The first kappa shape index (κ1) is 5.88. The lowest BCUT2D eigenvalue weighted by Gasteiger charge is -1.88. The van der Waals surface area contributed by atoms with Gasteiger partial charge in [0.2, 0.25) is 0 Å². The van der Waals surface area contributed by atoms with Gasteiger partial charge in [0, 0.05) is 19.3 Å². The fourth-order valence-corrected chi connectivity index (χ4v) is 0.681. The zero-order chi connectivity index (χ0) is 6.85. The highest BCUT2D eigenvalue weighted by Gasteiger charge is 1.97. The molecule has 0 aliphatic rings. The van der Waals surface area contributed by atoms with Gasteiger partial charge in [-0.2, -0.15) is 0 Å². The van der Waals surface area contributed by atoms with Gasteiger partial charge in [0.25, 0.3) is 0 Å². The minimum atomic E-state index is 0.125. The van der Waals surface area contributed by atoms with Gasteiger partial charge < -0.3 is 9.67 Å². The summed E-state index contributed by atoms with van der Waals surface area (Å²) in [5.41, 5.74) is 0.479. The van der Waals surface area contributed by atoms with Crippen LogP contribution in [0.4, 0.5) is 0 Å². The first-order valence-corrected chi connectivity index (χ1v) is 2.54. The Hall–Kier alpha value is -1.25. The average molecular weight is 125 g/mol. The highest BCUT2D eigenvalue weighted by molar-refractivity contribution is 5.73. The lowest BCUT2D eigenvalue weighted by Crippen LogP contribution is -1.90. The molecule has 1 aromatic rings. The molecule has 0 atom stereocenters. The van der Waals surface area contributed by atoms with E-state index in [4.69, 9.17) is 5.11 Å². The van der Waals surface area contributed by atoms with Crippen molar-refractivity contribution in [3.63, 3.8) is 0 Å². The Kier molecular flexibility index (Phi) is 1.26. The first-order chi connectivity index (χ1) is 4.24. The molecule has 3 heteroatoms. The Bertz CT molecular complexity index is 227. The Morgan fingerprint density at radius 2 is 2.44 bits per heavy atom. The third-order valence-electron chi connectivity index (χ3n) is 1.15. The van der Waals surface area contributed by atoms with Crippen LogP contribution < -0.4 is 0 Å². The molecule has 3 nitrogen and oxygen atoms in total. The second kappa shape index (κ2) is 1.93. The van der Waals surface area contributed by atoms with Crippen molar-refractivity contribution in [2.45, 2.75) is 0 Å². The molecule has 0 fully saturated rings. The Balaban J connectivity index is 3.15. The summed E-state index contributed by atoms with van der Waals surface area (Å²) < 4.78 is 1.56. The van der Waals surface area contributed by atoms with Gasteiger partial charge in [0.1, 0.15) is 5.75 Å². The van der Waals surface area contributed by atoms with Gasteiger partial charge in [-0.15, -0.1) is 0 Å². The van der Waals surface area contributed by atoms with Crippen LogP contribution in [0.2, 0.25) is 0 Å². The van der Waals surface area contributed by atoms with Crippen LogP contribution in [0.3, 0.4) is 0 Å². The van der Waals surface area contributed by atoms with E-state index >= 15 is 0 Å². The van der Waals surface area contributed by atoms with E-state index in [2.05, 4.69) is 0 Å². The summed E-state index contributed by atoms with van der Waals surface area (Å²) >= 11 is 0. The predicted octanol–water partition coefficient (Wildman–Crippen LogP) is 0.543. The van der Waals surface area contributed by atoms with Crippen molar-refractivity contribution >= 4 is 6.29 Å².